The van der Waals surface area contributed by atoms with Crippen molar-refractivity contribution in [1.82, 2.24) is 15.3 Å². The SMILES string of the molecule is COc1ccc2nc(CC3CNC3)[nH]c2c1. The van der Waals surface area contributed by atoms with E-state index >= 15 is 0 Å². The van der Waals surface area contributed by atoms with Crippen molar-refractivity contribution < 1.29 is 4.74 Å². The van der Waals surface area contributed by atoms with E-state index in [4.69, 9.17) is 4.74 Å². The lowest BCUT2D eigenvalue weighted by Crippen LogP contribution is -2.43. The molecular weight excluding hydrogens is 202 g/mol. The molecule has 4 nitrogen and oxygen atoms in total. The fourth-order valence-electron chi connectivity index (χ4n) is 2.03. The first-order valence-electron chi connectivity index (χ1n) is 5.58. The zero-order valence-electron chi connectivity index (χ0n) is 9.29. The Bertz CT molecular complexity index is 502. The van der Waals surface area contributed by atoms with Gasteiger partial charge in [0, 0.05) is 12.5 Å². The summed E-state index contributed by atoms with van der Waals surface area (Å²) < 4.78 is 5.19. The third-order valence-corrected chi connectivity index (χ3v) is 3.09. The molecule has 1 aromatic heterocycles. The molecule has 3 rings (SSSR count). The summed E-state index contributed by atoms with van der Waals surface area (Å²) in [7, 11) is 1.68. The van der Waals surface area contributed by atoms with Gasteiger partial charge in [0.2, 0.25) is 0 Å². The lowest BCUT2D eigenvalue weighted by atomic mass is 9.99. The van der Waals surface area contributed by atoms with Gasteiger partial charge in [0.25, 0.3) is 0 Å². The largest absolute Gasteiger partial charge is 0.497 e. The molecule has 1 aliphatic rings. The van der Waals surface area contributed by atoms with Crippen LogP contribution in [0.15, 0.2) is 18.2 Å². The van der Waals surface area contributed by atoms with E-state index in [2.05, 4.69) is 15.3 Å². The van der Waals surface area contributed by atoms with Crippen LogP contribution in [0.5, 0.6) is 5.75 Å². The highest BCUT2D eigenvalue weighted by atomic mass is 16.5. The van der Waals surface area contributed by atoms with Gasteiger partial charge in [-0.1, -0.05) is 0 Å². The fourth-order valence-corrected chi connectivity index (χ4v) is 2.03. The molecule has 0 amide bonds. The molecule has 1 aromatic carbocycles. The molecule has 0 unspecified atom stereocenters. The fraction of sp³-hybridized carbons (Fsp3) is 0.417. The number of H-pyrrole nitrogens is 1. The van der Waals surface area contributed by atoms with Crippen molar-refractivity contribution in [3.63, 3.8) is 0 Å². The monoisotopic (exact) mass is 217 g/mol. The molecule has 1 saturated heterocycles. The number of nitrogens with zero attached hydrogens (tertiary/aromatic N) is 1. The molecule has 1 aliphatic heterocycles. The Morgan fingerprint density at radius 2 is 2.31 bits per heavy atom. The van der Waals surface area contributed by atoms with E-state index < -0.39 is 0 Å². The number of hydrogen-bond acceptors (Lipinski definition) is 3. The molecule has 0 saturated carbocycles. The summed E-state index contributed by atoms with van der Waals surface area (Å²) in [6.07, 6.45) is 1.03. The lowest BCUT2D eigenvalue weighted by Gasteiger charge is -2.25. The molecule has 0 radical (unpaired) electrons. The summed E-state index contributed by atoms with van der Waals surface area (Å²) in [5, 5.41) is 3.27. The first-order chi connectivity index (χ1) is 7.85. The number of ether oxygens (including phenoxy) is 1. The molecular formula is C12H15N3O. The van der Waals surface area contributed by atoms with Gasteiger partial charge in [0.1, 0.15) is 11.6 Å². The van der Waals surface area contributed by atoms with E-state index in [1.165, 1.54) is 0 Å². The minimum absolute atomic E-state index is 0.738. The molecule has 2 heterocycles. The van der Waals surface area contributed by atoms with Gasteiger partial charge in [-0.3, -0.25) is 0 Å². The molecule has 2 N–H and O–H groups in total. The van der Waals surface area contributed by atoms with Crippen LogP contribution >= 0.6 is 0 Å². The topological polar surface area (TPSA) is 49.9 Å². The normalized spacial score (nSPS) is 16.3. The van der Waals surface area contributed by atoms with Crippen molar-refractivity contribution in [2.24, 2.45) is 5.92 Å². The minimum atomic E-state index is 0.738. The van der Waals surface area contributed by atoms with Gasteiger partial charge in [0.15, 0.2) is 0 Å². The highest BCUT2D eigenvalue weighted by Crippen LogP contribution is 2.20. The van der Waals surface area contributed by atoms with Gasteiger partial charge < -0.3 is 15.0 Å². The summed E-state index contributed by atoms with van der Waals surface area (Å²) in [6.45, 7) is 2.22. The van der Waals surface area contributed by atoms with Gasteiger partial charge >= 0.3 is 0 Å². The maximum atomic E-state index is 5.19. The Balaban J connectivity index is 1.89. The summed E-state index contributed by atoms with van der Waals surface area (Å²) in [4.78, 5) is 7.92. The van der Waals surface area contributed by atoms with Crippen molar-refractivity contribution in [3.8, 4) is 5.75 Å². The maximum Gasteiger partial charge on any atom is 0.121 e. The highest BCUT2D eigenvalue weighted by molar-refractivity contribution is 5.76. The van der Waals surface area contributed by atoms with Crippen LogP contribution in [0.2, 0.25) is 0 Å². The van der Waals surface area contributed by atoms with Crippen LogP contribution in [0.1, 0.15) is 5.82 Å². The van der Waals surface area contributed by atoms with Gasteiger partial charge in [-0.25, -0.2) is 4.98 Å². The average molecular weight is 217 g/mol. The van der Waals surface area contributed by atoms with Crippen LogP contribution in [0.4, 0.5) is 0 Å². The summed E-state index contributed by atoms with van der Waals surface area (Å²) in [6, 6.07) is 5.93. The van der Waals surface area contributed by atoms with Gasteiger partial charge in [-0.2, -0.15) is 0 Å². The minimum Gasteiger partial charge on any atom is -0.497 e. The van der Waals surface area contributed by atoms with Crippen LogP contribution in [-0.2, 0) is 6.42 Å². The molecule has 0 atom stereocenters. The highest BCUT2D eigenvalue weighted by Gasteiger charge is 2.18. The predicted molar refractivity (Wildman–Crippen MR) is 62.7 cm³/mol. The molecule has 1 fully saturated rings. The second kappa shape index (κ2) is 3.79. The van der Waals surface area contributed by atoms with Crippen molar-refractivity contribution in [2.45, 2.75) is 6.42 Å². The Labute approximate surface area is 94.0 Å². The Kier molecular flexibility index (Phi) is 2.29. The predicted octanol–water partition coefficient (Wildman–Crippen LogP) is 1.33. The molecule has 0 bridgehead atoms. The zero-order chi connectivity index (χ0) is 11.0. The van der Waals surface area contributed by atoms with E-state index in [-0.39, 0.29) is 0 Å². The Hall–Kier alpha value is -1.55. The van der Waals surface area contributed by atoms with E-state index in [1.807, 2.05) is 18.2 Å². The maximum absolute atomic E-state index is 5.19. The number of fused-ring (bicyclic) bond motifs is 1. The number of methoxy groups -OCH3 is 1. The second-order valence-corrected chi connectivity index (χ2v) is 4.29. The summed E-state index contributed by atoms with van der Waals surface area (Å²) in [5.74, 6) is 2.69. The summed E-state index contributed by atoms with van der Waals surface area (Å²) >= 11 is 0. The number of imidazole rings is 1. The third kappa shape index (κ3) is 1.65. The quantitative estimate of drug-likeness (QED) is 0.815. The summed E-state index contributed by atoms with van der Waals surface area (Å²) in [5.41, 5.74) is 2.07. The van der Waals surface area contributed by atoms with E-state index in [0.29, 0.717) is 0 Å². The van der Waals surface area contributed by atoms with E-state index in [9.17, 15) is 0 Å². The van der Waals surface area contributed by atoms with E-state index in [1.54, 1.807) is 7.11 Å². The number of aromatic nitrogens is 2. The van der Waals surface area contributed by atoms with Crippen LogP contribution < -0.4 is 10.1 Å². The van der Waals surface area contributed by atoms with Gasteiger partial charge in [0.05, 0.1) is 18.1 Å². The smallest absolute Gasteiger partial charge is 0.121 e. The number of nitrogens with one attached hydrogen (secondary N) is 2. The van der Waals surface area contributed by atoms with Crippen LogP contribution in [0.25, 0.3) is 11.0 Å². The molecule has 2 aromatic rings. The lowest BCUT2D eigenvalue weighted by molar-refractivity contribution is 0.342. The van der Waals surface area contributed by atoms with Crippen LogP contribution in [-0.4, -0.2) is 30.2 Å². The van der Waals surface area contributed by atoms with Crippen molar-refractivity contribution >= 4 is 11.0 Å². The number of benzene rings is 1. The van der Waals surface area contributed by atoms with Crippen molar-refractivity contribution in [3.05, 3.63) is 24.0 Å². The third-order valence-electron chi connectivity index (χ3n) is 3.09. The number of rotatable bonds is 3. The average Bonchev–Trinajstić information content (AvgIpc) is 2.64. The first-order valence-corrected chi connectivity index (χ1v) is 5.58. The van der Waals surface area contributed by atoms with E-state index in [0.717, 1.165) is 48.0 Å². The number of hydrogen-bond donors (Lipinski definition) is 2. The standard InChI is InChI=1S/C12H15N3O/c1-16-9-2-3-10-11(5-9)15-12(14-10)4-8-6-13-7-8/h2-3,5,8,13H,4,6-7H2,1H3,(H,14,15). The number of aromatic amines is 1. The second-order valence-electron chi connectivity index (χ2n) is 4.29. The molecule has 84 valence electrons. The molecule has 16 heavy (non-hydrogen) atoms. The molecule has 0 aliphatic carbocycles. The Morgan fingerprint density at radius 1 is 1.44 bits per heavy atom. The van der Waals surface area contributed by atoms with Crippen LogP contribution in [0.3, 0.4) is 0 Å². The van der Waals surface area contributed by atoms with Crippen molar-refractivity contribution in [1.29, 1.82) is 0 Å². The van der Waals surface area contributed by atoms with Crippen molar-refractivity contribution in [2.75, 3.05) is 20.2 Å². The van der Waals surface area contributed by atoms with Gasteiger partial charge in [-0.05, 0) is 31.1 Å². The Morgan fingerprint density at radius 3 is 3.00 bits per heavy atom. The first kappa shape index (κ1) is 9.66. The molecule has 0 spiro atoms. The zero-order valence-corrected chi connectivity index (χ0v) is 9.29. The van der Waals surface area contributed by atoms with Gasteiger partial charge in [-0.15, -0.1) is 0 Å². The molecule has 4 heteroatoms. The van der Waals surface area contributed by atoms with Crippen LogP contribution in [0, 0.1) is 5.92 Å².